The highest BCUT2D eigenvalue weighted by atomic mass is 32.1. The number of nitriles is 1. The molecule has 3 aromatic rings. The first-order valence-electron chi connectivity index (χ1n) is 5.97. The standard InChI is InChI=1S/C15H8N2O3S/c16-8-9-3-5-10(6-4-9)13-12(15(18)19)17-14(20-13)11-2-1-7-21-11/h1-7H,(H,18,19). The van der Waals surface area contributed by atoms with Crippen LogP contribution in [0.2, 0.25) is 0 Å². The molecule has 2 heterocycles. The van der Waals surface area contributed by atoms with Gasteiger partial charge in [0.25, 0.3) is 0 Å². The van der Waals surface area contributed by atoms with Crippen LogP contribution in [0.3, 0.4) is 0 Å². The summed E-state index contributed by atoms with van der Waals surface area (Å²) in [5.41, 5.74) is 0.929. The Kier molecular flexibility index (Phi) is 3.26. The molecule has 1 aromatic carbocycles. The molecule has 0 unspecified atom stereocenters. The van der Waals surface area contributed by atoms with E-state index in [0.717, 1.165) is 4.88 Å². The third-order valence-electron chi connectivity index (χ3n) is 2.84. The van der Waals surface area contributed by atoms with Crippen molar-refractivity contribution in [2.24, 2.45) is 0 Å². The zero-order valence-corrected chi connectivity index (χ0v) is 11.4. The summed E-state index contributed by atoms with van der Waals surface area (Å²) in [5, 5.41) is 19.9. The number of carbonyl (C=O) groups is 1. The van der Waals surface area contributed by atoms with Gasteiger partial charge in [0.05, 0.1) is 16.5 Å². The molecule has 0 aliphatic heterocycles. The lowest BCUT2D eigenvalue weighted by Gasteiger charge is -1.97. The average molecular weight is 296 g/mol. The zero-order chi connectivity index (χ0) is 14.8. The second-order valence-corrected chi connectivity index (χ2v) is 5.12. The molecule has 0 saturated carbocycles. The minimum Gasteiger partial charge on any atom is -0.476 e. The smallest absolute Gasteiger partial charge is 0.358 e. The van der Waals surface area contributed by atoms with Gasteiger partial charge < -0.3 is 9.52 Å². The third-order valence-corrected chi connectivity index (χ3v) is 3.70. The highest BCUT2D eigenvalue weighted by Gasteiger charge is 2.22. The van der Waals surface area contributed by atoms with Crippen LogP contribution in [-0.4, -0.2) is 16.1 Å². The van der Waals surface area contributed by atoms with Gasteiger partial charge in [-0.1, -0.05) is 6.07 Å². The number of carboxylic acids is 1. The van der Waals surface area contributed by atoms with E-state index >= 15 is 0 Å². The van der Waals surface area contributed by atoms with Gasteiger partial charge >= 0.3 is 5.97 Å². The molecule has 0 saturated heterocycles. The Morgan fingerprint density at radius 3 is 2.62 bits per heavy atom. The molecule has 0 aliphatic carbocycles. The fourth-order valence-electron chi connectivity index (χ4n) is 1.86. The quantitative estimate of drug-likeness (QED) is 0.797. The van der Waals surface area contributed by atoms with Crippen LogP contribution < -0.4 is 0 Å². The van der Waals surface area contributed by atoms with Crippen molar-refractivity contribution >= 4 is 17.3 Å². The number of hydrogen-bond acceptors (Lipinski definition) is 5. The van der Waals surface area contributed by atoms with E-state index < -0.39 is 5.97 Å². The summed E-state index contributed by atoms with van der Waals surface area (Å²) in [6, 6.07) is 12.2. The molecule has 1 N–H and O–H groups in total. The molecule has 0 amide bonds. The Labute approximate surface area is 123 Å². The number of nitrogens with zero attached hydrogens (tertiary/aromatic N) is 2. The topological polar surface area (TPSA) is 87.1 Å². The predicted octanol–water partition coefficient (Wildman–Crippen LogP) is 3.64. The van der Waals surface area contributed by atoms with E-state index in [1.54, 1.807) is 24.3 Å². The molecule has 0 spiro atoms. The van der Waals surface area contributed by atoms with Crippen molar-refractivity contribution in [1.29, 1.82) is 5.26 Å². The van der Waals surface area contributed by atoms with Gasteiger partial charge in [0.2, 0.25) is 5.89 Å². The van der Waals surface area contributed by atoms with E-state index in [2.05, 4.69) is 4.98 Å². The fourth-order valence-corrected chi connectivity index (χ4v) is 2.51. The van der Waals surface area contributed by atoms with Crippen molar-refractivity contribution in [3.63, 3.8) is 0 Å². The highest BCUT2D eigenvalue weighted by molar-refractivity contribution is 7.13. The van der Waals surface area contributed by atoms with E-state index in [0.29, 0.717) is 11.1 Å². The van der Waals surface area contributed by atoms with Crippen LogP contribution in [0.25, 0.3) is 22.1 Å². The van der Waals surface area contributed by atoms with Gasteiger partial charge in [0.15, 0.2) is 11.5 Å². The maximum absolute atomic E-state index is 11.3. The molecule has 0 radical (unpaired) electrons. The van der Waals surface area contributed by atoms with Crippen molar-refractivity contribution in [2.75, 3.05) is 0 Å². The van der Waals surface area contributed by atoms with Crippen LogP contribution in [-0.2, 0) is 0 Å². The zero-order valence-electron chi connectivity index (χ0n) is 10.6. The van der Waals surface area contributed by atoms with E-state index in [-0.39, 0.29) is 17.3 Å². The van der Waals surface area contributed by atoms with Crippen LogP contribution >= 0.6 is 11.3 Å². The van der Waals surface area contributed by atoms with Crippen molar-refractivity contribution in [1.82, 2.24) is 4.98 Å². The second-order valence-electron chi connectivity index (χ2n) is 4.17. The number of carboxylic acid groups (broad SMARTS) is 1. The number of thiophene rings is 1. The van der Waals surface area contributed by atoms with Crippen molar-refractivity contribution in [2.45, 2.75) is 0 Å². The van der Waals surface area contributed by atoms with Gasteiger partial charge in [-0.15, -0.1) is 11.3 Å². The van der Waals surface area contributed by atoms with Gasteiger partial charge in [0, 0.05) is 5.56 Å². The van der Waals surface area contributed by atoms with Crippen molar-refractivity contribution in [3.05, 3.63) is 53.0 Å². The maximum atomic E-state index is 11.3. The predicted molar refractivity (Wildman–Crippen MR) is 76.9 cm³/mol. The molecule has 102 valence electrons. The van der Waals surface area contributed by atoms with E-state index in [4.69, 9.17) is 9.68 Å². The van der Waals surface area contributed by atoms with Gasteiger partial charge in [-0.3, -0.25) is 0 Å². The summed E-state index contributed by atoms with van der Waals surface area (Å²) < 4.78 is 5.62. The molecule has 2 aromatic heterocycles. The Morgan fingerprint density at radius 2 is 2.05 bits per heavy atom. The van der Waals surface area contributed by atoms with Gasteiger partial charge in [-0.25, -0.2) is 9.78 Å². The molecule has 6 heteroatoms. The molecule has 0 bridgehead atoms. The number of aromatic nitrogens is 1. The molecule has 0 atom stereocenters. The van der Waals surface area contributed by atoms with E-state index in [9.17, 15) is 9.90 Å². The SMILES string of the molecule is N#Cc1ccc(-c2oc(-c3cccs3)nc2C(=O)O)cc1. The number of oxazole rings is 1. The first kappa shape index (κ1) is 13.1. The summed E-state index contributed by atoms with van der Waals surface area (Å²) in [5.74, 6) is -0.682. The molecular formula is C15H8N2O3S. The van der Waals surface area contributed by atoms with Gasteiger partial charge in [0.1, 0.15) is 0 Å². The largest absolute Gasteiger partial charge is 0.476 e. The molecule has 21 heavy (non-hydrogen) atoms. The number of hydrogen-bond donors (Lipinski definition) is 1. The average Bonchev–Trinajstić information content (AvgIpc) is 3.16. The Hall–Kier alpha value is -2.91. The summed E-state index contributed by atoms with van der Waals surface area (Å²) in [6.07, 6.45) is 0. The first-order chi connectivity index (χ1) is 10.2. The Bertz CT molecular complexity index is 827. The number of rotatable bonds is 3. The summed E-state index contributed by atoms with van der Waals surface area (Å²) in [4.78, 5) is 16.1. The minimum atomic E-state index is -1.15. The van der Waals surface area contributed by atoms with Crippen molar-refractivity contribution in [3.8, 4) is 28.2 Å². The molecule has 0 aliphatic rings. The van der Waals surface area contributed by atoms with Gasteiger partial charge in [-0.2, -0.15) is 5.26 Å². The molecule has 3 rings (SSSR count). The summed E-state index contributed by atoms with van der Waals surface area (Å²) in [7, 11) is 0. The number of aromatic carboxylic acids is 1. The lowest BCUT2D eigenvalue weighted by molar-refractivity contribution is 0.0691. The lowest BCUT2D eigenvalue weighted by Crippen LogP contribution is -1.98. The number of benzene rings is 1. The van der Waals surface area contributed by atoms with Crippen LogP contribution in [0.1, 0.15) is 16.1 Å². The minimum absolute atomic E-state index is 0.136. The van der Waals surface area contributed by atoms with Crippen LogP contribution in [0, 0.1) is 11.3 Å². The van der Waals surface area contributed by atoms with E-state index in [1.165, 1.54) is 11.3 Å². The maximum Gasteiger partial charge on any atom is 0.358 e. The fraction of sp³-hybridized carbons (Fsp3) is 0. The lowest BCUT2D eigenvalue weighted by atomic mass is 10.1. The molecule has 0 fully saturated rings. The van der Waals surface area contributed by atoms with Crippen LogP contribution in [0.4, 0.5) is 0 Å². The Morgan fingerprint density at radius 1 is 1.29 bits per heavy atom. The van der Waals surface area contributed by atoms with E-state index in [1.807, 2.05) is 23.6 Å². The monoisotopic (exact) mass is 296 g/mol. The second kappa shape index (κ2) is 5.23. The van der Waals surface area contributed by atoms with Gasteiger partial charge in [-0.05, 0) is 35.7 Å². The Balaban J connectivity index is 2.12. The normalized spacial score (nSPS) is 10.2. The first-order valence-corrected chi connectivity index (χ1v) is 6.85. The highest BCUT2D eigenvalue weighted by Crippen LogP contribution is 2.32. The molecule has 5 nitrogen and oxygen atoms in total. The van der Waals surface area contributed by atoms with Crippen molar-refractivity contribution < 1.29 is 14.3 Å². The van der Waals surface area contributed by atoms with Crippen LogP contribution in [0.5, 0.6) is 0 Å². The molecular weight excluding hydrogens is 288 g/mol. The summed E-state index contributed by atoms with van der Waals surface area (Å²) >= 11 is 1.42. The third kappa shape index (κ3) is 2.42. The summed E-state index contributed by atoms with van der Waals surface area (Å²) in [6.45, 7) is 0. The van der Waals surface area contributed by atoms with Crippen LogP contribution in [0.15, 0.2) is 46.2 Å².